The molecule has 0 radical (unpaired) electrons. The highest BCUT2D eigenvalue weighted by molar-refractivity contribution is 7.15. The van der Waals surface area contributed by atoms with E-state index in [1.54, 1.807) is 0 Å². The molecule has 0 saturated carbocycles. The van der Waals surface area contributed by atoms with Crippen LogP contribution in [-0.4, -0.2) is 24.7 Å². The lowest BCUT2D eigenvalue weighted by molar-refractivity contribution is 0.865. The maximum atomic E-state index is 4.65. The van der Waals surface area contributed by atoms with Crippen molar-refractivity contribution >= 4 is 33.1 Å². The van der Waals surface area contributed by atoms with Crippen LogP contribution < -0.4 is 0 Å². The van der Waals surface area contributed by atoms with Gasteiger partial charge in [0.15, 0.2) is 0 Å². The van der Waals surface area contributed by atoms with Gasteiger partial charge in [-0.3, -0.25) is 5.10 Å². The molecule has 0 amide bonds. The molecule has 31 heavy (non-hydrogen) atoms. The maximum Gasteiger partial charge on any atom is 0.116 e. The topological polar surface area (TPSA) is 62.3 Å². The van der Waals surface area contributed by atoms with E-state index in [-0.39, 0.29) is 0 Å². The van der Waals surface area contributed by atoms with E-state index in [0.29, 0.717) is 0 Å². The molecule has 0 bridgehead atoms. The predicted octanol–water partition coefficient (Wildman–Crippen LogP) is 6.46. The Morgan fingerprint density at radius 1 is 0.935 bits per heavy atom. The Bertz CT molecular complexity index is 1580. The third kappa shape index (κ3) is 2.83. The van der Waals surface area contributed by atoms with Crippen LogP contribution in [0.1, 0.15) is 10.7 Å². The summed E-state index contributed by atoms with van der Waals surface area (Å²) in [5.74, 6) is 0.995. The quantitative estimate of drug-likeness (QED) is 0.343. The first-order valence-corrected chi connectivity index (χ1v) is 11.1. The first-order chi connectivity index (χ1) is 15.1. The normalized spacial score (nSPS) is 11.7. The molecule has 2 aromatic carbocycles. The molecule has 6 rings (SSSR count). The van der Waals surface area contributed by atoms with Gasteiger partial charge in [0, 0.05) is 44.2 Å². The van der Waals surface area contributed by atoms with E-state index in [9.17, 15) is 0 Å². The number of rotatable bonds is 3. The van der Waals surface area contributed by atoms with Gasteiger partial charge < -0.3 is 9.55 Å². The highest BCUT2D eigenvalue weighted by atomic mass is 32.1. The average molecular weight is 424 g/mol. The van der Waals surface area contributed by atoms with Gasteiger partial charge in [0.05, 0.1) is 23.1 Å². The third-order valence-corrected chi connectivity index (χ3v) is 7.04. The van der Waals surface area contributed by atoms with Gasteiger partial charge in [0.1, 0.15) is 11.5 Å². The number of nitrogens with one attached hydrogen (secondary N) is 2. The van der Waals surface area contributed by atoms with Crippen molar-refractivity contribution in [2.45, 2.75) is 13.8 Å². The zero-order valence-corrected chi connectivity index (χ0v) is 18.3. The summed E-state index contributed by atoms with van der Waals surface area (Å²) in [4.78, 5) is 10.6. The molecule has 0 aliphatic rings. The second-order valence-corrected chi connectivity index (χ2v) is 9.23. The molecule has 0 fully saturated rings. The summed E-state index contributed by atoms with van der Waals surface area (Å²) in [6, 6.07) is 19.4. The number of aromatic nitrogens is 5. The molecular formula is C25H21N5S. The van der Waals surface area contributed by atoms with E-state index >= 15 is 0 Å². The van der Waals surface area contributed by atoms with E-state index in [4.69, 9.17) is 0 Å². The van der Waals surface area contributed by atoms with Gasteiger partial charge in [-0.15, -0.1) is 11.3 Å². The largest absolute Gasteiger partial charge is 0.353 e. The van der Waals surface area contributed by atoms with Crippen LogP contribution in [0.5, 0.6) is 0 Å². The SMILES string of the molecule is Cc1ccc(-c2cccc3[nH]c(-c4n[nH]c5ccc(-c6cnc(C)n6C)cc45)cc23)s1. The van der Waals surface area contributed by atoms with Crippen molar-refractivity contribution in [3.63, 3.8) is 0 Å². The fraction of sp³-hybridized carbons (Fsp3) is 0.120. The second kappa shape index (κ2) is 6.68. The van der Waals surface area contributed by atoms with Crippen molar-refractivity contribution < 1.29 is 0 Å². The number of H-pyrrole nitrogens is 2. The monoisotopic (exact) mass is 423 g/mol. The van der Waals surface area contributed by atoms with Gasteiger partial charge in [-0.05, 0) is 50.2 Å². The standard InChI is InChI=1S/C25H21N5S/c1-14-7-10-24(31-14)17-5-4-6-20-18(17)12-22(27-20)25-19-11-16(8-9-21(19)28-29-25)23-13-26-15(2)30(23)3/h4-13,27H,1-3H3,(H,28,29). The summed E-state index contributed by atoms with van der Waals surface area (Å²) >= 11 is 1.82. The lowest BCUT2D eigenvalue weighted by Gasteiger charge is -2.04. The number of nitrogens with zero attached hydrogens (tertiary/aromatic N) is 3. The number of aryl methyl sites for hydroxylation is 2. The number of aromatic amines is 2. The molecule has 0 saturated heterocycles. The molecule has 4 heterocycles. The van der Waals surface area contributed by atoms with Crippen molar-refractivity contribution in [2.75, 3.05) is 0 Å². The minimum atomic E-state index is 0.931. The van der Waals surface area contributed by atoms with Gasteiger partial charge in [0.2, 0.25) is 0 Å². The molecular weight excluding hydrogens is 402 g/mol. The molecule has 2 N–H and O–H groups in total. The van der Waals surface area contributed by atoms with Crippen LogP contribution in [0.3, 0.4) is 0 Å². The van der Waals surface area contributed by atoms with Crippen LogP contribution in [0.15, 0.2) is 60.8 Å². The molecule has 0 spiro atoms. The summed E-state index contributed by atoms with van der Waals surface area (Å²) in [5.41, 5.74) is 7.56. The molecule has 6 heteroatoms. The summed E-state index contributed by atoms with van der Waals surface area (Å²) in [5, 5.41) is 10.2. The van der Waals surface area contributed by atoms with Crippen molar-refractivity contribution in [3.05, 3.63) is 71.5 Å². The van der Waals surface area contributed by atoms with Crippen LogP contribution in [0.2, 0.25) is 0 Å². The van der Waals surface area contributed by atoms with Gasteiger partial charge in [-0.2, -0.15) is 5.10 Å². The van der Waals surface area contributed by atoms with Crippen LogP contribution >= 0.6 is 11.3 Å². The Labute approximate surface area is 183 Å². The molecule has 6 aromatic rings. The van der Waals surface area contributed by atoms with Gasteiger partial charge in [-0.1, -0.05) is 18.2 Å². The molecule has 4 aromatic heterocycles. The van der Waals surface area contributed by atoms with Crippen LogP contribution in [-0.2, 0) is 7.05 Å². The molecule has 152 valence electrons. The molecule has 5 nitrogen and oxygen atoms in total. The number of fused-ring (bicyclic) bond motifs is 2. The maximum absolute atomic E-state index is 4.65. The van der Waals surface area contributed by atoms with Crippen molar-refractivity contribution in [1.29, 1.82) is 0 Å². The van der Waals surface area contributed by atoms with Gasteiger partial charge >= 0.3 is 0 Å². The molecule has 0 atom stereocenters. The summed E-state index contributed by atoms with van der Waals surface area (Å²) < 4.78 is 2.11. The summed E-state index contributed by atoms with van der Waals surface area (Å²) in [6.45, 7) is 4.16. The van der Waals surface area contributed by atoms with E-state index in [2.05, 4.69) is 86.3 Å². The molecule has 0 unspecified atom stereocenters. The Morgan fingerprint density at radius 2 is 1.84 bits per heavy atom. The minimum Gasteiger partial charge on any atom is -0.353 e. The van der Waals surface area contributed by atoms with E-state index in [0.717, 1.165) is 44.9 Å². The molecule has 0 aliphatic heterocycles. The lowest BCUT2D eigenvalue weighted by Crippen LogP contribution is -1.94. The Morgan fingerprint density at radius 3 is 2.61 bits per heavy atom. The summed E-state index contributed by atoms with van der Waals surface area (Å²) in [6.07, 6.45) is 1.93. The number of thiophene rings is 1. The van der Waals surface area contributed by atoms with E-state index < -0.39 is 0 Å². The second-order valence-electron chi connectivity index (χ2n) is 7.94. The third-order valence-electron chi connectivity index (χ3n) is 6.00. The van der Waals surface area contributed by atoms with Crippen molar-refractivity contribution in [3.8, 4) is 33.1 Å². The van der Waals surface area contributed by atoms with Crippen LogP contribution in [0.25, 0.3) is 54.9 Å². The smallest absolute Gasteiger partial charge is 0.116 e. The molecule has 0 aliphatic carbocycles. The highest BCUT2D eigenvalue weighted by Gasteiger charge is 2.15. The van der Waals surface area contributed by atoms with E-state index in [1.165, 1.54) is 20.7 Å². The highest BCUT2D eigenvalue weighted by Crippen LogP contribution is 2.37. The van der Waals surface area contributed by atoms with Crippen LogP contribution in [0, 0.1) is 13.8 Å². The predicted molar refractivity (Wildman–Crippen MR) is 128 cm³/mol. The Balaban J connectivity index is 1.52. The number of benzene rings is 2. The number of hydrogen-bond donors (Lipinski definition) is 2. The van der Waals surface area contributed by atoms with Gasteiger partial charge in [0.25, 0.3) is 0 Å². The number of hydrogen-bond acceptors (Lipinski definition) is 3. The fourth-order valence-electron chi connectivity index (χ4n) is 4.23. The number of imidazole rings is 1. The Kier molecular flexibility index (Phi) is 3.91. The first kappa shape index (κ1) is 18.2. The van der Waals surface area contributed by atoms with Crippen molar-refractivity contribution in [1.82, 2.24) is 24.7 Å². The average Bonchev–Trinajstić information content (AvgIpc) is 3.54. The summed E-state index contributed by atoms with van der Waals surface area (Å²) in [7, 11) is 2.05. The van der Waals surface area contributed by atoms with Gasteiger partial charge in [-0.25, -0.2) is 4.98 Å². The van der Waals surface area contributed by atoms with Crippen molar-refractivity contribution in [2.24, 2.45) is 7.05 Å². The lowest BCUT2D eigenvalue weighted by atomic mass is 10.1. The van der Waals surface area contributed by atoms with E-state index in [1.807, 2.05) is 31.5 Å². The Hall–Kier alpha value is -3.64. The zero-order valence-electron chi connectivity index (χ0n) is 17.5. The van der Waals surface area contributed by atoms with Crippen LogP contribution in [0.4, 0.5) is 0 Å². The minimum absolute atomic E-state index is 0.931. The first-order valence-electron chi connectivity index (χ1n) is 10.2. The zero-order chi connectivity index (χ0) is 21.1. The fourth-order valence-corrected chi connectivity index (χ4v) is 5.13.